The SMILES string of the molecule is C[C@H](Oc1ccc2ccc(=O)oc2c1)C(=O)N[C@@H]1CCCc2ccccc21. The summed E-state index contributed by atoms with van der Waals surface area (Å²) in [4.78, 5) is 24.0. The number of aryl methyl sites for hydroxylation is 1. The van der Waals surface area contributed by atoms with Gasteiger partial charge in [-0.1, -0.05) is 24.3 Å². The zero-order valence-electron chi connectivity index (χ0n) is 15.1. The number of ether oxygens (including phenoxy) is 1. The zero-order valence-corrected chi connectivity index (χ0v) is 15.1. The van der Waals surface area contributed by atoms with Gasteiger partial charge in [0, 0.05) is 17.5 Å². The van der Waals surface area contributed by atoms with Crippen molar-refractivity contribution < 1.29 is 13.9 Å². The molecular formula is C22H21NO4. The molecule has 2 atom stereocenters. The van der Waals surface area contributed by atoms with Gasteiger partial charge in [0.1, 0.15) is 11.3 Å². The Morgan fingerprint density at radius 2 is 2.00 bits per heavy atom. The van der Waals surface area contributed by atoms with E-state index in [-0.39, 0.29) is 11.9 Å². The second-order valence-corrected chi connectivity index (χ2v) is 6.87. The van der Waals surface area contributed by atoms with Crippen molar-refractivity contribution in [2.75, 3.05) is 0 Å². The van der Waals surface area contributed by atoms with E-state index in [0.29, 0.717) is 11.3 Å². The average molecular weight is 363 g/mol. The number of fused-ring (bicyclic) bond motifs is 2. The van der Waals surface area contributed by atoms with Crippen LogP contribution in [0.15, 0.2) is 63.8 Å². The summed E-state index contributed by atoms with van der Waals surface area (Å²) < 4.78 is 10.9. The normalized spacial score (nSPS) is 17.1. The van der Waals surface area contributed by atoms with Gasteiger partial charge in [0.15, 0.2) is 6.10 Å². The zero-order chi connectivity index (χ0) is 18.8. The lowest BCUT2D eigenvalue weighted by atomic mass is 9.87. The third-order valence-corrected chi connectivity index (χ3v) is 4.96. The molecule has 5 nitrogen and oxygen atoms in total. The monoisotopic (exact) mass is 363 g/mol. The molecule has 5 heteroatoms. The minimum Gasteiger partial charge on any atom is -0.481 e. The van der Waals surface area contributed by atoms with E-state index in [1.165, 1.54) is 17.2 Å². The molecule has 4 rings (SSSR count). The molecule has 3 aromatic rings. The summed E-state index contributed by atoms with van der Waals surface area (Å²) in [7, 11) is 0. The molecule has 0 spiro atoms. The van der Waals surface area contributed by atoms with E-state index in [1.54, 1.807) is 31.2 Å². The summed E-state index contributed by atoms with van der Waals surface area (Å²) in [5, 5.41) is 3.91. The number of amides is 1. The summed E-state index contributed by atoms with van der Waals surface area (Å²) in [6.45, 7) is 1.72. The minimum atomic E-state index is -0.660. The highest BCUT2D eigenvalue weighted by molar-refractivity contribution is 5.82. The van der Waals surface area contributed by atoms with Gasteiger partial charge in [-0.15, -0.1) is 0 Å². The molecule has 0 saturated carbocycles. The van der Waals surface area contributed by atoms with Crippen LogP contribution in [0.4, 0.5) is 0 Å². The highest BCUT2D eigenvalue weighted by Gasteiger charge is 2.24. The van der Waals surface area contributed by atoms with Crippen LogP contribution in [0.1, 0.15) is 36.9 Å². The molecule has 0 unspecified atom stereocenters. The van der Waals surface area contributed by atoms with Gasteiger partial charge in [-0.2, -0.15) is 0 Å². The molecule has 0 fully saturated rings. The fourth-order valence-electron chi connectivity index (χ4n) is 3.56. The Morgan fingerprint density at radius 1 is 1.19 bits per heavy atom. The molecule has 1 amide bonds. The molecule has 1 aliphatic rings. The van der Waals surface area contributed by atoms with Gasteiger partial charge in [-0.05, 0) is 55.5 Å². The number of carbonyl (C=O) groups excluding carboxylic acids is 1. The van der Waals surface area contributed by atoms with Crippen LogP contribution in [0.25, 0.3) is 11.0 Å². The van der Waals surface area contributed by atoms with Crippen molar-refractivity contribution in [3.05, 3.63) is 76.1 Å². The fraction of sp³-hybridized carbons (Fsp3) is 0.273. The van der Waals surface area contributed by atoms with Crippen molar-refractivity contribution in [1.29, 1.82) is 0 Å². The molecular weight excluding hydrogens is 342 g/mol. The van der Waals surface area contributed by atoms with Gasteiger partial charge >= 0.3 is 5.63 Å². The van der Waals surface area contributed by atoms with Crippen LogP contribution in [0, 0.1) is 0 Å². The lowest BCUT2D eigenvalue weighted by Crippen LogP contribution is -2.39. The summed E-state index contributed by atoms with van der Waals surface area (Å²) >= 11 is 0. The van der Waals surface area contributed by atoms with Crippen molar-refractivity contribution in [3.8, 4) is 5.75 Å². The van der Waals surface area contributed by atoms with E-state index >= 15 is 0 Å². The highest BCUT2D eigenvalue weighted by Crippen LogP contribution is 2.29. The fourth-order valence-corrected chi connectivity index (χ4v) is 3.56. The molecule has 1 heterocycles. The third-order valence-electron chi connectivity index (χ3n) is 4.96. The van der Waals surface area contributed by atoms with Crippen LogP contribution in [-0.4, -0.2) is 12.0 Å². The first-order valence-electron chi connectivity index (χ1n) is 9.19. The lowest BCUT2D eigenvalue weighted by molar-refractivity contribution is -0.128. The topological polar surface area (TPSA) is 68.5 Å². The lowest BCUT2D eigenvalue weighted by Gasteiger charge is -2.27. The number of carbonyl (C=O) groups is 1. The van der Waals surface area contributed by atoms with E-state index in [2.05, 4.69) is 17.4 Å². The molecule has 2 aromatic carbocycles. The summed E-state index contributed by atoms with van der Waals surface area (Å²) in [6, 6.07) is 16.5. The van der Waals surface area contributed by atoms with E-state index in [4.69, 9.17) is 9.15 Å². The maximum atomic E-state index is 12.6. The predicted molar refractivity (Wildman–Crippen MR) is 103 cm³/mol. The van der Waals surface area contributed by atoms with Crippen molar-refractivity contribution in [2.45, 2.75) is 38.3 Å². The molecule has 1 aliphatic carbocycles. The summed E-state index contributed by atoms with van der Waals surface area (Å²) in [6.07, 6.45) is 2.38. The largest absolute Gasteiger partial charge is 0.481 e. The Kier molecular flexibility index (Phi) is 4.67. The summed E-state index contributed by atoms with van der Waals surface area (Å²) in [5.74, 6) is 0.329. The first-order chi connectivity index (χ1) is 13.1. The van der Waals surface area contributed by atoms with Gasteiger partial charge in [0.2, 0.25) is 0 Å². The predicted octanol–water partition coefficient (Wildman–Crippen LogP) is 3.75. The van der Waals surface area contributed by atoms with Crippen LogP contribution < -0.4 is 15.7 Å². The van der Waals surface area contributed by atoms with E-state index < -0.39 is 11.7 Å². The minimum absolute atomic E-state index is 0.0168. The first-order valence-corrected chi connectivity index (χ1v) is 9.19. The molecule has 1 N–H and O–H groups in total. The van der Waals surface area contributed by atoms with Gasteiger partial charge in [-0.25, -0.2) is 4.79 Å². The molecule has 27 heavy (non-hydrogen) atoms. The average Bonchev–Trinajstić information content (AvgIpc) is 2.68. The molecule has 0 bridgehead atoms. The summed E-state index contributed by atoms with van der Waals surface area (Å²) in [5.41, 5.74) is 2.51. The maximum absolute atomic E-state index is 12.6. The Hall–Kier alpha value is -3.08. The number of hydrogen-bond acceptors (Lipinski definition) is 4. The van der Waals surface area contributed by atoms with E-state index in [1.807, 2.05) is 12.1 Å². The van der Waals surface area contributed by atoms with Crippen molar-refractivity contribution in [1.82, 2.24) is 5.32 Å². The third kappa shape index (κ3) is 3.72. The maximum Gasteiger partial charge on any atom is 0.336 e. The Bertz CT molecular complexity index is 1040. The van der Waals surface area contributed by atoms with Crippen molar-refractivity contribution >= 4 is 16.9 Å². The number of benzene rings is 2. The van der Waals surface area contributed by atoms with Crippen molar-refractivity contribution in [2.24, 2.45) is 0 Å². The molecule has 0 aliphatic heterocycles. The second-order valence-electron chi connectivity index (χ2n) is 6.87. The van der Waals surface area contributed by atoms with E-state index in [9.17, 15) is 9.59 Å². The quantitative estimate of drug-likeness (QED) is 0.717. The molecule has 0 saturated heterocycles. The standard InChI is InChI=1S/C22H21NO4/c1-14(26-17-11-9-16-10-12-21(24)27-20(16)13-17)22(25)23-19-8-4-6-15-5-2-3-7-18(15)19/h2-3,5,7,9-14,19H,4,6,8H2,1H3,(H,23,25)/t14-,19+/m0/s1. The molecule has 138 valence electrons. The Morgan fingerprint density at radius 3 is 2.89 bits per heavy atom. The smallest absolute Gasteiger partial charge is 0.336 e. The first kappa shape index (κ1) is 17.3. The number of nitrogens with one attached hydrogen (secondary N) is 1. The Balaban J connectivity index is 1.46. The van der Waals surface area contributed by atoms with Gasteiger partial charge in [0.25, 0.3) is 5.91 Å². The molecule has 1 aromatic heterocycles. The number of hydrogen-bond donors (Lipinski definition) is 1. The van der Waals surface area contributed by atoms with Crippen LogP contribution in [0.5, 0.6) is 5.75 Å². The van der Waals surface area contributed by atoms with Crippen molar-refractivity contribution in [3.63, 3.8) is 0 Å². The Labute approximate surface area is 157 Å². The second kappa shape index (κ2) is 7.27. The van der Waals surface area contributed by atoms with Crippen LogP contribution in [0.2, 0.25) is 0 Å². The van der Waals surface area contributed by atoms with Crippen LogP contribution >= 0.6 is 0 Å². The van der Waals surface area contributed by atoms with Gasteiger partial charge < -0.3 is 14.5 Å². The van der Waals surface area contributed by atoms with Crippen LogP contribution in [0.3, 0.4) is 0 Å². The van der Waals surface area contributed by atoms with Gasteiger partial charge in [-0.3, -0.25) is 4.79 Å². The van der Waals surface area contributed by atoms with Gasteiger partial charge in [0.05, 0.1) is 6.04 Å². The van der Waals surface area contributed by atoms with E-state index in [0.717, 1.165) is 24.6 Å². The highest BCUT2D eigenvalue weighted by atomic mass is 16.5. The van der Waals surface area contributed by atoms with Crippen LogP contribution in [-0.2, 0) is 11.2 Å². The molecule has 0 radical (unpaired) electrons. The number of rotatable bonds is 4.